The number of hydrogen-bond donors (Lipinski definition) is 1. The second-order valence-electron chi connectivity index (χ2n) is 5.17. The maximum Gasteiger partial charge on any atom is 0.257 e. The van der Waals surface area contributed by atoms with Gasteiger partial charge in [-0.15, -0.1) is 21.5 Å². The van der Waals surface area contributed by atoms with Crippen LogP contribution in [0.1, 0.15) is 25.7 Å². The number of nitrogens with one attached hydrogen (secondary N) is 1. The molecule has 2 aromatic heterocycles. The maximum atomic E-state index is 5.81. The fourth-order valence-electron chi connectivity index (χ4n) is 2.66. The molecular weight excluding hydrogens is 352 g/mol. The van der Waals surface area contributed by atoms with Gasteiger partial charge in [0.1, 0.15) is 0 Å². The smallest absolute Gasteiger partial charge is 0.257 e. The highest BCUT2D eigenvalue weighted by atomic mass is 79.9. The third-order valence-electron chi connectivity index (χ3n) is 3.78. The van der Waals surface area contributed by atoms with Gasteiger partial charge in [-0.1, -0.05) is 6.92 Å². The van der Waals surface area contributed by atoms with Gasteiger partial charge < -0.3 is 9.73 Å². The normalized spacial score (nSPS) is 19.3. The summed E-state index contributed by atoms with van der Waals surface area (Å²) in [5.41, 5.74) is 0. The Morgan fingerprint density at radius 3 is 3.05 bits per heavy atom. The Kier molecular flexibility index (Phi) is 5.05. The number of halogens is 1. The lowest BCUT2D eigenvalue weighted by Gasteiger charge is -2.32. The SMILES string of the molecule is CCN(Cc1nnc(-c2ccc(Br)s2)o1)C1CCCNC1. The first-order valence-electron chi connectivity index (χ1n) is 7.29. The van der Waals surface area contributed by atoms with Crippen molar-refractivity contribution >= 4 is 27.3 Å². The first-order chi connectivity index (χ1) is 10.3. The molecule has 1 aliphatic heterocycles. The number of hydrogen-bond acceptors (Lipinski definition) is 6. The largest absolute Gasteiger partial charge is 0.419 e. The van der Waals surface area contributed by atoms with Gasteiger partial charge in [-0.3, -0.25) is 4.90 Å². The minimum atomic E-state index is 0.565. The van der Waals surface area contributed by atoms with Crippen LogP contribution in [-0.4, -0.2) is 40.8 Å². The lowest BCUT2D eigenvalue weighted by Crippen LogP contribution is -2.45. The number of aromatic nitrogens is 2. The van der Waals surface area contributed by atoms with Crippen LogP contribution in [0.5, 0.6) is 0 Å². The molecule has 1 atom stereocenters. The summed E-state index contributed by atoms with van der Waals surface area (Å²) in [6, 6.07) is 4.56. The molecule has 114 valence electrons. The van der Waals surface area contributed by atoms with Crippen molar-refractivity contribution in [1.82, 2.24) is 20.4 Å². The van der Waals surface area contributed by atoms with Gasteiger partial charge in [-0.25, -0.2) is 0 Å². The average Bonchev–Trinajstić information content (AvgIpc) is 3.14. The molecule has 0 radical (unpaired) electrons. The molecule has 3 rings (SSSR count). The highest BCUT2D eigenvalue weighted by Gasteiger charge is 2.22. The fourth-order valence-corrected chi connectivity index (χ4v) is 3.97. The van der Waals surface area contributed by atoms with Crippen LogP contribution in [0.3, 0.4) is 0 Å². The minimum Gasteiger partial charge on any atom is -0.419 e. The van der Waals surface area contributed by atoms with E-state index in [1.807, 2.05) is 12.1 Å². The molecule has 1 unspecified atom stereocenters. The predicted octanol–water partition coefficient (Wildman–Crippen LogP) is 3.13. The summed E-state index contributed by atoms with van der Waals surface area (Å²) in [7, 11) is 0. The Hall–Kier alpha value is -0.760. The van der Waals surface area contributed by atoms with Crippen molar-refractivity contribution in [3.05, 3.63) is 21.8 Å². The molecule has 1 aliphatic rings. The molecular formula is C14H19BrN4OS. The standard InChI is InChI=1S/C14H19BrN4OS/c1-2-19(10-4-3-7-16-8-10)9-13-17-18-14(20-13)11-5-6-12(15)21-11/h5-6,10,16H,2-4,7-9H2,1H3. The Labute approximate surface area is 136 Å². The molecule has 2 aromatic rings. The van der Waals surface area contributed by atoms with Crippen molar-refractivity contribution in [2.45, 2.75) is 32.4 Å². The third kappa shape index (κ3) is 3.71. The van der Waals surface area contributed by atoms with E-state index in [-0.39, 0.29) is 0 Å². The van der Waals surface area contributed by atoms with E-state index in [1.54, 1.807) is 11.3 Å². The van der Waals surface area contributed by atoms with Crippen LogP contribution < -0.4 is 5.32 Å². The molecule has 3 heterocycles. The van der Waals surface area contributed by atoms with E-state index in [4.69, 9.17) is 4.42 Å². The van der Waals surface area contributed by atoms with Crippen molar-refractivity contribution in [3.63, 3.8) is 0 Å². The number of nitrogens with zero attached hydrogens (tertiary/aromatic N) is 3. The van der Waals surface area contributed by atoms with Gasteiger partial charge in [-0.05, 0) is 54.0 Å². The lowest BCUT2D eigenvalue weighted by molar-refractivity contribution is 0.152. The van der Waals surface area contributed by atoms with Crippen LogP contribution in [0.25, 0.3) is 10.8 Å². The number of piperidine rings is 1. The zero-order valence-corrected chi connectivity index (χ0v) is 14.4. The molecule has 0 bridgehead atoms. The van der Waals surface area contributed by atoms with Crippen molar-refractivity contribution in [1.29, 1.82) is 0 Å². The van der Waals surface area contributed by atoms with Gasteiger partial charge in [-0.2, -0.15) is 0 Å². The molecule has 0 saturated carbocycles. The van der Waals surface area contributed by atoms with E-state index in [0.29, 0.717) is 17.8 Å². The summed E-state index contributed by atoms with van der Waals surface area (Å²) in [5, 5.41) is 11.8. The molecule has 1 fully saturated rings. The number of thiophene rings is 1. The van der Waals surface area contributed by atoms with E-state index in [0.717, 1.165) is 34.8 Å². The number of likely N-dealkylation sites (N-methyl/N-ethyl adjacent to an activating group) is 1. The first kappa shape index (κ1) is 15.1. The molecule has 1 N–H and O–H groups in total. The second-order valence-corrected chi connectivity index (χ2v) is 7.63. The molecule has 21 heavy (non-hydrogen) atoms. The Bertz CT molecular complexity index is 579. The van der Waals surface area contributed by atoms with E-state index < -0.39 is 0 Å². The monoisotopic (exact) mass is 370 g/mol. The van der Waals surface area contributed by atoms with Crippen LogP contribution >= 0.6 is 27.3 Å². The van der Waals surface area contributed by atoms with E-state index >= 15 is 0 Å². The topological polar surface area (TPSA) is 54.2 Å². The Balaban J connectivity index is 1.67. The Morgan fingerprint density at radius 1 is 1.48 bits per heavy atom. The second kappa shape index (κ2) is 7.00. The molecule has 0 spiro atoms. The van der Waals surface area contributed by atoms with Gasteiger partial charge in [0.25, 0.3) is 5.89 Å². The molecule has 5 nitrogen and oxygen atoms in total. The van der Waals surface area contributed by atoms with Crippen LogP contribution in [0.2, 0.25) is 0 Å². The molecule has 0 aromatic carbocycles. The Morgan fingerprint density at radius 2 is 2.38 bits per heavy atom. The molecule has 0 amide bonds. The van der Waals surface area contributed by atoms with Gasteiger partial charge in [0.15, 0.2) is 0 Å². The third-order valence-corrected chi connectivity index (χ3v) is 5.39. The van der Waals surface area contributed by atoms with Crippen LogP contribution in [0, 0.1) is 0 Å². The zero-order chi connectivity index (χ0) is 14.7. The van der Waals surface area contributed by atoms with Gasteiger partial charge in [0, 0.05) is 12.6 Å². The summed E-state index contributed by atoms with van der Waals surface area (Å²) in [4.78, 5) is 3.41. The zero-order valence-electron chi connectivity index (χ0n) is 12.0. The van der Waals surface area contributed by atoms with Crippen LogP contribution in [-0.2, 0) is 6.54 Å². The summed E-state index contributed by atoms with van der Waals surface area (Å²) < 4.78 is 6.88. The predicted molar refractivity (Wildman–Crippen MR) is 87.3 cm³/mol. The molecule has 0 aliphatic carbocycles. The summed E-state index contributed by atoms with van der Waals surface area (Å²) in [6.45, 7) is 6.08. The van der Waals surface area contributed by atoms with Gasteiger partial charge in [0.2, 0.25) is 5.89 Å². The molecule has 1 saturated heterocycles. The van der Waals surface area contributed by atoms with Crippen molar-refractivity contribution in [2.24, 2.45) is 0 Å². The van der Waals surface area contributed by atoms with E-state index in [9.17, 15) is 0 Å². The van der Waals surface area contributed by atoms with Crippen molar-refractivity contribution in [2.75, 3.05) is 19.6 Å². The maximum absolute atomic E-state index is 5.81. The van der Waals surface area contributed by atoms with Crippen LogP contribution in [0.15, 0.2) is 20.3 Å². The summed E-state index contributed by atoms with van der Waals surface area (Å²) in [5.74, 6) is 1.31. The van der Waals surface area contributed by atoms with Gasteiger partial charge in [0.05, 0.1) is 15.2 Å². The molecule has 7 heteroatoms. The highest BCUT2D eigenvalue weighted by molar-refractivity contribution is 9.11. The minimum absolute atomic E-state index is 0.565. The van der Waals surface area contributed by atoms with Gasteiger partial charge >= 0.3 is 0 Å². The van der Waals surface area contributed by atoms with Crippen molar-refractivity contribution < 1.29 is 4.42 Å². The van der Waals surface area contributed by atoms with Crippen molar-refractivity contribution in [3.8, 4) is 10.8 Å². The quantitative estimate of drug-likeness (QED) is 0.875. The van der Waals surface area contributed by atoms with Crippen LogP contribution in [0.4, 0.5) is 0 Å². The highest BCUT2D eigenvalue weighted by Crippen LogP contribution is 2.30. The summed E-state index contributed by atoms with van der Waals surface area (Å²) >= 11 is 5.06. The average molecular weight is 371 g/mol. The number of rotatable bonds is 5. The van der Waals surface area contributed by atoms with E-state index in [2.05, 4.69) is 43.3 Å². The lowest BCUT2D eigenvalue weighted by atomic mass is 10.1. The first-order valence-corrected chi connectivity index (χ1v) is 8.90. The summed E-state index contributed by atoms with van der Waals surface area (Å²) in [6.07, 6.45) is 2.47. The van der Waals surface area contributed by atoms with E-state index in [1.165, 1.54) is 12.8 Å². The fraction of sp³-hybridized carbons (Fsp3) is 0.571.